The molecule has 17 heavy (non-hydrogen) atoms. The molecule has 0 aliphatic heterocycles. The molecule has 0 radical (unpaired) electrons. The Balaban J connectivity index is 2.33. The quantitative estimate of drug-likeness (QED) is 0.553. The molecule has 0 fully saturated rings. The second-order valence-corrected chi connectivity index (χ2v) is 4.48. The molecule has 0 amide bonds. The van der Waals surface area contributed by atoms with Crippen molar-refractivity contribution in [2.45, 2.75) is 19.3 Å². The van der Waals surface area contributed by atoms with Crippen molar-refractivity contribution in [3.63, 3.8) is 0 Å². The van der Waals surface area contributed by atoms with Gasteiger partial charge in [-0.2, -0.15) is 0 Å². The van der Waals surface area contributed by atoms with E-state index in [9.17, 15) is 4.79 Å². The van der Waals surface area contributed by atoms with E-state index in [4.69, 9.17) is 8.83 Å². The van der Waals surface area contributed by atoms with Crippen molar-refractivity contribution >= 4 is 21.9 Å². The molecule has 2 heterocycles. The van der Waals surface area contributed by atoms with E-state index in [0.29, 0.717) is 5.58 Å². The summed E-state index contributed by atoms with van der Waals surface area (Å²) in [6.45, 7) is 0. The van der Waals surface area contributed by atoms with E-state index in [2.05, 4.69) is 0 Å². The SMILES string of the molecule is O=c1oc2ccc3ccoc3c2c2c1CCC2. The molecule has 1 aliphatic carbocycles. The number of rotatable bonds is 0. The molecule has 0 saturated carbocycles. The zero-order chi connectivity index (χ0) is 11.4. The van der Waals surface area contributed by atoms with Gasteiger partial charge in [-0.05, 0) is 43.0 Å². The van der Waals surface area contributed by atoms with E-state index >= 15 is 0 Å². The van der Waals surface area contributed by atoms with E-state index in [1.165, 1.54) is 0 Å². The van der Waals surface area contributed by atoms with Crippen LogP contribution < -0.4 is 5.63 Å². The molecule has 84 valence electrons. The third kappa shape index (κ3) is 1.08. The van der Waals surface area contributed by atoms with Gasteiger partial charge in [0.25, 0.3) is 0 Å². The Bertz CT molecular complexity index is 792. The molecule has 0 saturated heterocycles. The third-order valence-corrected chi connectivity index (χ3v) is 3.55. The summed E-state index contributed by atoms with van der Waals surface area (Å²) in [5.41, 5.74) is 3.25. The standard InChI is InChI=1S/C14H10O3/c15-14-10-3-1-2-9(10)12-11(17-14)5-4-8-6-7-16-13(8)12/h4-7H,1-3H2. The maximum atomic E-state index is 11.8. The summed E-state index contributed by atoms with van der Waals surface area (Å²) < 4.78 is 10.9. The molecule has 0 spiro atoms. The van der Waals surface area contributed by atoms with Crippen LogP contribution in [0.1, 0.15) is 17.5 Å². The Morgan fingerprint density at radius 1 is 1.06 bits per heavy atom. The highest BCUT2D eigenvalue weighted by atomic mass is 16.4. The summed E-state index contributed by atoms with van der Waals surface area (Å²) in [6, 6.07) is 5.71. The van der Waals surface area contributed by atoms with E-state index in [1.54, 1.807) is 6.26 Å². The monoisotopic (exact) mass is 226 g/mol. The molecule has 3 heteroatoms. The Morgan fingerprint density at radius 2 is 1.94 bits per heavy atom. The van der Waals surface area contributed by atoms with Crippen LogP contribution in [0, 0.1) is 0 Å². The molecule has 0 bridgehead atoms. The fourth-order valence-electron chi connectivity index (χ4n) is 2.79. The highest BCUT2D eigenvalue weighted by Crippen LogP contribution is 2.33. The lowest BCUT2D eigenvalue weighted by Crippen LogP contribution is -2.06. The number of benzene rings is 1. The molecule has 1 aromatic carbocycles. The van der Waals surface area contributed by atoms with Gasteiger partial charge in [-0.3, -0.25) is 0 Å². The van der Waals surface area contributed by atoms with E-state index in [0.717, 1.165) is 46.7 Å². The van der Waals surface area contributed by atoms with Crippen molar-refractivity contribution in [1.82, 2.24) is 0 Å². The molecule has 4 rings (SSSR count). The fourth-order valence-corrected chi connectivity index (χ4v) is 2.79. The summed E-state index contributed by atoms with van der Waals surface area (Å²) in [4.78, 5) is 11.8. The van der Waals surface area contributed by atoms with Crippen LogP contribution in [0.5, 0.6) is 0 Å². The van der Waals surface area contributed by atoms with Gasteiger partial charge < -0.3 is 8.83 Å². The molecule has 1 aliphatic rings. The Morgan fingerprint density at radius 3 is 2.88 bits per heavy atom. The predicted molar refractivity (Wildman–Crippen MR) is 64.3 cm³/mol. The number of aryl methyl sites for hydroxylation is 1. The van der Waals surface area contributed by atoms with Gasteiger partial charge in [0, 0.05) is 10.9 Å². The lowest BCUT2D eigenvalue weighted by molar-refractivity contribution is 0.551. The topological polar surface area (TPSA) is 43.4 Å². The summed E-state index contributed by atoms with van der Waals surface area (Å²) in [7, 11) is 0. The molecule has 3 nitrogen and oxygen atoms in total. The van der Waals surface area contributed by atoms with Crippen LogP contribution in [0.25, 0.3) is 21.9 Å². The number of hydrogen-bond acceptors (Lipinski definition) is 3. The first-order valence-corrected chi connectivity index (χ1v) is 5.79. The van der Waals surface area contributed by atoms with Crippen molar-refractivity contribution in [2.75, 3.05) is 0 Å². The smallest absolute Gasteiger partial charge is 0.339 e. The molecule has 0 unspecified atom stereocenters. The molecule has 0 N–H and O–H groups in total. The molecule has 2 aromatic heterocycles. The summed E-state index contributed by atoms with van der Waals surface area (Å²) in [5, 5.41) is 2.04. The number of hydrogen-bond donors (Lipinski definition) is 0. The molecule has 0 atom stereocenters. The van der Waals surface area contributed by atoms with Crippen molar-refractivity contribution in [3.05, 3.63) is 46.0 Å². The predicted octanol–water partition coefficient (Wildman–Crippen LogP) is 3.03. The van der Waals surface area contributed by atoms with Crippen molar-refractivity contribution in [1.29, 1.82) is 0 Å². The zero-order valence-electron chi connectivity index (χ0n) is 9.16. The maximum absolute atomic E-state index is 11.8. The van der Waals surface area contributed by atoms with Crippen LogP contribution in [-0.2, 0) is 12.8 Å². The van der Waals surface area contributed by atoms with E-state index < -0.39 is 0 Å². The van der Waals surface area contributed by atoms with Gasteiger partial charge in [0.15, 0.2) is 0 Å². The second-order valence-electron chi connectivity index (χ2n) is 4.48. The lowest BCUT2D eigenvalue weighted by Gasteiger charge is -2.03. The Kier molecular flexibility index (Phi) is 1.60. The first-order valence-electron chi connectivity index (χ1n) is 5.79. The second kappa shape index (κ2) is 3.00. The van der Waals surface area contributed by atoms with Crippen LogP contribution >= 0.6 is 0 Å². The summed E-state index contributed by atoms with van der Waals surface area (Å²) in [6.07, 6.45) is 4.47. The minimum absolute atomic E-state index is 0.184. The first-order chi connectivity index (χ1) is 8.34. The van der Waals surface area contributed by atoms with Crippen molar-refractivity contribution < 1.29 is 8.83 Å². The van der Waals surface area contributed by atoms with Gasteiger partial charge in [-0.25, -0.2) is 4.79 Å². The summed E-state index contributed by atoms with van der Waals surface area (Å²) in [5.74, 6) is 0. The highest BCUT2D eigenvalue weighted by molar-refractivity contribution is 6.04. The van der Waals surface area contributed by atoms with Gasteiger partial charge >= 0.3 is 5.63 Å². The van der Waals surface area contributed by atoms with Gasteiger partial charge in [0.05, 0.1) is 11.6 Å². The Labute approximate surface area is 96.6 Å². The largest absolute Gasteiger partial charge is 0.464 e. The van der Waals surface area contributed by atoms with Crippen LogP contribution in [-0.4, -0.2) is 0 Å². The van der Waals surface area contributed by atoms with Crippen LogP contribution in [0.2, 0.25) is 0 Å². The highest BCUT2D eigenvalue weighted by Gasteiger charge is 2.21. The average Bonchev–Trinajstić information content (AvgIpc) is 2.96. The average molecular weight is 226 g/mol. The van der Waals surface area contributed by atoms with Gasteiger partial charge in [-0.15, -0.1) is 0 Å². The maximum Gasteiger partial charge on any atom is 0.339 e. The molecular weight excluding hydrogens is 216 g/mol. The third-order valence-electron chi connectivity index (χ3n) is 3.55. The number of fused-ring (bicyclic) bond motifs is 5. The minimum Gasteiger partial charge on any atom is -0.464 e. The molecular formula is C14H10O3. The van der Waals surface area contributed by atoms with Crippen LogP contribution in [0.4, 0.5) is 0 Å². The molecule has 3 aromatic rings. The van der Waals surface area contributed by atoms with Gasteiger partial charge in [-0.1, -0.05) is 0 Å². The Hall–Kier alpha value is -2.03. The van der Waals surface area contributed by atoms with Gasteiger partial charge in [0.1, 0.15) is 11.2 Å². The van der Waals surface area contributed by atoms with Crippen LogP contribution in [0.15, 0.2) is 38.1 Å². The first kappa shape index (κ1) is 9.05. The lowest BCUT2D eigenvalue weighted by atomic mass is 10.1. The zero-order valence-corrected chi connectivity index (χ0v) is 9.16. The number of furan rings is 1. The van der Waals surface area contributed by atoms with Crippen LogP contribution in [0.3, 0.4) is 0 Å². The minimum atomic E-state index is -0.184. The normalized spacial score (nSPS) is 14.6. The fraction of sp³-hybridized carbons (Fsp3) is 0.214. The van der Waals surface area contributed by atoms with E-state index in [1.807, 2.05) is 18.2 Å². The van der Waals surface area contributed by atoms with E-state index in [-0.39, 0.29) is 5.63 Å². The van der Waals surface area contributed by atoms with Crippen molar-refractivity contribution in [2.24, 2.45) is 0 Å². The summed E-state index contributed by atoms with van der Waals surface area (Å²) >= 11 is 0. The van der Waals surface area contributed by atoms with Gasteiger partial charge in [0.2, 0.25) is 0 Å². The van der Waals surface area contributed by atoms with Crippen molar-refractivity contribution in [3.8, 4) is 0 Å².